The van der Waals surface area contributed by atoms with Crippen molar-refractivity contribution in [2.75, 3.05) is 25.0 Å². The number of nitrogens with zero attached hydrogens (tertiary/aromatic N) is 2. The normalized spacial score (nSPS) is 15.3. The number of hydrogen-bond acceptors (Lipinski definition) is 4. The molecular formula is C24H32N4O2S. The van der Waals surface area contributed by atoms with Crippen LogP contribution in [0.25, 0.3) is 0 Å². The van der Waals surface area contributed by atoms with Crippen molar-refractivity contribution >= 4 is 29.0 Å². The molecule has 3 rings (SSSR count). The van der Waals surface area contributed by atoms with Crippen LogP contribution in [0.4, 0.5) is 10.5 Å². The van der Waals surface area contributed by atoms with E-state index >= 15 is 0 Å². The number of amides is 3. The largest absolute Gasteiger partial charge is 0.335 e. The zero-order chi connectivity index (χ0) is 22.4. The van der Waals surface area contributed by atoms with E-state index in [9.17, 15) is 9.59 Å². The van der Waals surface area contributed by atoms with Gasteiger partial charge in [-0.2, -0.15) is 0 Å². The Morgan fingerprint density at radius 1 is 1.23 bits per heavy atom. The van der Waals surface area contributed by atoms with Gasteiger partial charge in [0, 0.05) is 36.6 Å². The SMILES string of the molecule is CC=CCNC(=O)N1CCC(c2nc(C(=O)Nc3ccccc3C(C)(C)C)cs2)CC1. The van der Waals surface area contributed by atoms with Crippen LogP contribution in [0.3, 0.4) is 0 Å². The number of piperidine rings is 1. The number of carbonyl (C=O) groups is 2. The minimum absolute atomic E-state index is 0.0201. The van der Waals surface area contributed by atoms with E-state index in [2.05, 4.69) is 36.4 Å². The third kappa shape index (κ3) is 5.94. The van der Waals surface area contributed by atoms with Crippen LogP contribution in [0.1, 0.15) is 67.5 Å². The van der Waals surface area contributed by atoms with Crippen molar-refractivity contribution in [1.82, 2.24) is 15.2 Å². The monoisotopic (exact) mass is 440 g/mol. The summed E-state index contributed by atoms with van der Waals surface area (Å²) in [6, 6.07) is 7.88. The molecular weight excluding hydrogens is 408 g/mol. The van der Waals surface area contributed by atoms with E-state index in [1.807, 2.05) is 53.6 Å². The van der Waals surface area contributed by atoms with Crippen molar-refractivity contribution in [2.45, 2.75) is 51.9 Å². The van der Waals surface area contributed by atoms with Crippen LogP contribution in [0.5, 0.6) is 0 Å². The van der Waals surface area contributed by atoms with Gasteiger partial charge < -0.3 is 15.5 Å². The zero-order valence-electron chi connectivity index (χ0n) is 18.8. The highest BCUT2D eigenvalue weighted by Gasteiger charge is 2.26. The molecule has 1 saturated heterocycles. The standard InChI is InChI=1S/C24H32N4O2S/c1-5-6-13-25-23(30)28-14-11-17(12-15-28)22-27-20(16-31-22)21(29)26-19-10-8-7-9-18(19)24(2,3)4/h5-10,16-17H,11-15H2,1-4H3,(H,25,30)(H,26,29). The topological polar surface area (TPSA) is 74.3 Å². The number of allylic oxidation sites excluding steroid dienone is 1. The second-order valence-corrected chi connectivity index (χ2v) is 9.73. The van der Waals surface area contributed by atoms with Gasteiger partial charge in [-0.1, -0.05) is 51.1 Å². The summed E-state index contributed by atoms with van der Waals surface area (Å²) in [6.45, 7) is 10.3. The van der Waals surface area contributed by atoms with Crippen molar-refractivity contribution in [3.63, 3.8) is 0 Å². The molecule has 2 N–H and O–H groups in total. The Labute approximate surface area is 188 Å². The number of anilines is 1. The molecule has 0 aliphatic carbocycles. The molecule has 0 bridgehead atoms. The molecule has 0 spiro atoms. The maximum Gasteiger partial charge on any atom is 0.317 e. The van der Waals surface area contributed by atoms with E-state index < -0.39 is 0 Å². The third-order valence-electron chi connectivity index (χ3n) is 5.48. The molecule has 1 aliphatic heterocycles. The number of hydrogen-bond donors (Lipinski definition) is 2. The predicted molar refractivity (Wildman–Crippen MR) is 127 cm³/mol. The van der Waals surface area contributed by atoms with Gasteiger partial charge in [-0.25, -0.2) is 9.78 Å². The molecule has 166 valence electrons. The van der Waals surface area contributed by atoms with Crippen molar-refractivity contribution in [3.05, 3.63) is 58.1 Å². The average molecular weight is 441 g/mol. The maximum atomic E-state index is 12.8. The number of carbonyl (C=O) groups excluding carboxylic acids is 2. The van der Waals surface area contributed by atoms with Crippen LogP contribution in [-0.2, 0) is 5.41 Å². The van der Waals surface area contributed by atoms with Gasteiger partial charge in [0.05, 0.1) is 5.01 Å². The van der Waals surface area contributed by atoms with Crippen molar-refractivity contribution in [3.8, 4) is 0 Å². The summed E-state index contributed by atoms with van der Waals surface area (Å²) < 4.78 is 0. The number of para-hydroxylation sites is 1. The van der Waals surface area contributed by atoms with E-state index in [0.29, 0.717) is 25.3 Å². The van der Waals surface area contributed by atoms with Gasteiger partial charge in [0.15, 0.2) is 0 Å². The van der Waals surface area contributed by atoms with Crippen molar-refractivity contribution in [2.24, 2.45) is 0 Å². The first-order valence-electron chi connectivity index (χ1n) is 10.8. The van der Waals surface area contributed by atoms with Crippen LogP contribution >= 0.6 is 11.3 Å². The van der Waals surface area contributed by atoms with Gasteiger partial charge in [-0.3, -0.25) is 4.79 Å². The molecule has 6 nitrogen and oxygen atoms in total. The Balaban J connectivity index is 1.59. The van der Waals surface area contributed by atoms with Gasteiger partial charge in [0.1, 0.15) is 5.69 Å². The molecule has 1 aliphatic rings. The fraction of sp³-hybridized carbons (Fsp3) is 0.458. The summed E-state index contributed by atoms with van der Waals surface area (Å²) in [5.41, 5.74) is 2.31. The maximum absolute atomic E-state index is 12.8. The van der Waals surface area contributed by atoms with Gasteiger partial charge >= 0.3 is 6.03 Å². The summed E-state index contributed by atoms with van der Waals surface area (Å²) in [5, 5.41) is 8.74. The molecule has 7 heteroatoms. The third-order valence-corrected chi connectivity index (χ3v) is 6.48. The second kappa shape index (κ2) is 10.1. The van der Waals surface area contributed by atoms with Gasteiger partial charge in [-0.15, -0.1) is 11.3 Å². The van der Waals surface area contributed by atoms with E-state index in [-0.39, 0.29) is 23.3 Å². The first-order chi connectivity index (χ1) is 14.8. The highest BCUT2D eigenvalue weighted by atomic mass is 32.1. The van der Waals surface area contributed by atoms with Gasteiger partial charge in [-0.05, 0) is 36.8 Å². The quantitative estimate of drug-likeness (QED) is 0.631. The lowest BCUT2D eigenvalue weighted by Gasteiger charge is -2.31. The van der Waals surface area contributed by atoms with Crippen molar-refractivity contribution < 1.29 is 9.59 Å². The molecule has 0 atom stereocenters. The number of thiazole rings is 1. The highest BCUT2D eigenvalue weighted by molar-refractivity contribution is 7.10. The molecule has 2 aromatic rings. The smallest absolute Gasteiger partial charge is 0.317 e. The van der Waals surface area contributed by atoms with E-state index in [1.54, 1.807) is 0 Å². The summed E-state index contributed by atoms with van der Waals surface area (Å²) in [6.07, 6.45) is 5.56. The Bertz CT molecular complexity index is 937. The van der Waals surface area contributed by atoms with E-state index in [1.165, 1.54) is 11.3 Å². The molecule has 0 radical (unpaired) electrons. The van der Waals surface area contributed by atoms with Crippen LogP contribution < -0.4 is 10.6 Å². The summed E-state index contributed by atoms with van der Waals surface area (Å²) in [4.78, 5) is 31.5. The fourth-order valence-corrected chi connectivity index (χ4v) is 4.69. The summed E-state index contributed by atoms with van der Waals surface area (Å²) in [5.74, 6) is 0.105. The molecule has 1 aromatic carbocycles. The Hall–Kier alpha value is -2.67. The van der Waals surface area contributed by atoms with Crippen LogP contribution in [0.2, 0.25) is 0 Å². The van der Waals surface area contributed by atoms with E-state index in [0.717, 1.165) is 29.1 Å². The predicted octanol–water partition coefficient (Wildman–Crippen LogP) is 5.16. The Morgan fingerprint density at radius 3 is 2.61 bits per heavy atom. The molecule has 0 unspecified atom stereocenters. The van der Waals surface area contributed by atoms with Crippen LogP contribution in [0, 0.1) is 0 Å². The van der Waals surface area contributed by atoms with Gasteiger partial charge in [0.25, 0.3) is 5.91 Å². The minimum atomic E-state index is -0.181. The van der Waals surface area contributed by atoms with Gasteiger partial charge in [0.2, 0.25) is 0 Å². The lowest BCUT2D eigenvalue weighted by Crippen LogP contribution is -2.44. The lowest BCUT2D eigenvalue weighted by atomic mass is 9.86. The molecule has 31 heavy (non-hydrogen) atoms. The highest BCUT2D eigenvalue weighted by Crippen LogP contribution is 2.32. The van der Waals surface area contributed by atoms with Crippen LogP contribution in [0.15, 0.2) is 41.8 Å². The van der Waals surface area contributed by atoms with Crippen LogP contribution in [-0.4, -0.2) is 41.5 Å². The Morgan fingerprint density at radius 2 is 1.94 bits per heavy atom. The summed E-state index contributed by atoms with van der Waals surface area (Å²) >= 11 is 1.53. The van der Waals surface area contributed by atoms with Crippen molar-refractivity contribution in [1.29, 1.82) is 0 Å². The molecule has 3 amide bonds. The average Bonchev–Trinajstić information content (AvgIpc) is 3.24. The number of rotatable bonds is 5. The molecule has 1 fully saturated rings. The molecule has 2 heterocycles. The zero-order valence-corrected chi connectivity index (χ0v) is 19.6. The number of aromatic nitrogens is 1. The molecule has 1 aromatic heterocycles. The second-order valence-electron chi connectivity index (χ2n) is 8.84. The molecule has 0 saturated carbocycles. The van der Waals surface area contributed by atoms with E-state index in [4.69, 9.17) is 0 Å². The number of nitrogens with one attached hydrogen (secondary N) is 2. The fourth-order valence-electron chi connectivity index (χ4n) is 3.72. The Kier molecular flexibility index (Phi) is 7.49. The lowest BCUT2D eigenvalue weighted by molar-refractivity contribution is 0.102. The minimum Gasteiger partial charge on any atom is -0.335 e. The first-order valence-corrected chi connectivity index (χ1v) is 11.7. The summed E-state index contributed by atoms with van der Waals surface area (Å²) in [7, 11) is 0. The number of likely N-dealkylation sites (tertiary alicyclic amines) is 1. The number of urea groups is 1. The first kappa shape index (κ1) is 23.0. The number of benzene rings is 1.